The highest BCUT2D eigenvalue weighted by Crippen LogP contribution is 2.12. The number of hydrogen-bond acceptors (Lipinski definition) is 4. The third-order valence-electron chi connectivity index (χ3n) is 4.62. The second-order valence-electron chi connectivity index (χ2n) is 6.52. The Labute approximate surface area is 147 Å². The molecule has 1 aromatic carbocycles. The minimum atomic E-state index is -0.576. The Hall–Kier alpha value is -2.47. The number of aryl methyl sites for hydroxylation is 1. The van der Waals surface area contributed by atoms with Gasteiger partial charge in [0.05, 0.1) is 5.69 Å². The number of piperazine rings is 1. The first-order chi connectivity index (χ1) is 12.0. The van der Waals surface area contributed by atoms with Crippen molar-refractivity contribution in [1.29, 1.82) is 0 Å². The average Bonchev–Trinajstić information content (AvgIpc) is 2.64. The van der Waals surface area contributed by atoms with E-state index in [2.05, 4.69) is 22.1 Å². The van der Waals surface area contributed by atoms with Crippen LogP contribution in [0.15, 0.2) is 47.3 Å². The Morgan fingerprint density at radius 3 is 2.44 bits per heavy atom. The smallest absolute Gasteiger partial charge is 0.267 e. The van der Waals surface area contributed by atoms with E-state index in [4.69, 9.17) is 0 Å². The molecule has 2 aromatic rings. The SMILES string of the molecule is Cc1ccc(=O)n(C(C)C(=O)N2CCN(Cc3ccccc3)CC2)n1. The van der Waals surface area contributed by atoms with Gasteiger partial charge in [-0.3, -0.25) is 14.5 Å². The number of hydrogen-bond donors (Lipinski definition) is 0. The minimum absolute atomic E-state index is 0.0421. The van der Waals surface area contributed by atoms with Gasteiger partial charge in [-0.15, -0.1) is 0 Å². The zero-order chi connectivity index (χ0) is 17.8. The van der Waals surface area contributed by atoms with Crippen molar-refractivity contribution in [1.82, 2.24) is 19.6 Å². The van der Waals surface area contributed by atoms with E-state index in [-0.39, 0.29) is 11.5 Å². The van der Waals surface area contributed by atoms with E-state index in [1.54, 1.807) is 13.0 Å². The lowest BCUT2D eigenvalue weighted by molar-refractivity contribution is -0.136. The fourth-order valence-corrected chi connectivity index (χ4v) is 3.14. The van der Waals surface area contributed by atoms with Crippen molar-refractivity contribution in [2.45, 2.75) is 26.4 Å². The van der Waals surface area contributed by atoms with Crippen molar-refractivity contribution in [3.8, 4) is 0 Å². The maximum atomic E-state index is 12.7. The Morgan fingerprint density at radius 2 is 1.76 bits per heavy atom. The van der Waals surface area contributed by atoms with Crippen LogP contribution in [0.25, 0.3) is 0 Å². The second-order valence-corrected chi connectivity index (χ2v) is 6.52. The molecule has 132 valence electrons. The predicted molar refractivity (Wildman–Crippen MR) is 96.2 cm³/mol. The van der Waals surface area contributed by atoms with Crippen LogP contribution in [0.1, 0.15) is 24.2 Å². The number of carbonyl (C=O) groups is 1. The number of aromatic nitrogens is 2. The summed E-state index contributed by atoms with van der Waals surface area (Å²) in [5.74, 6) is -0.0421. The molecule has 0 radical (unpaired) electrons. The Balaban J connectivity index is 1.59. The number of amides is 1. The van der Waals surface area contributed by atoms with E-state index in [9.17, 15) is 9.59 Å². The van der Waals surface area contributed by atoms with Crippen molar-refractivity contribution in [3.05, 3.63) is 64.1 Å². The third-order valence-corrected chi connectivity index (χ3v) is 4.62. The molecule has 6 nitrogen and oxygen atoms in total. The number of rotatable bonds is 4. The van der Waals surface area contributed by atoms with E-state index in [1.807, 2.05) is 30.0 Å². The highest BCUT2D eigenvalue weighted by molar-refractivity contribution is 5.80. The summed E-state index contributed by atoms with van der Waals surface area (Å²) in [6, 6.07) is 12.9. The molecule has 1 aromatic heterocycles. The first-order valence-electron chi connectivity index (χ1n) is 8.66. The quantitative estimate of drug-likeness (QED) is 0.845. The summed E-state index contributed by atoms with van der Waals surface area (Å²) in [6.45, 7) is 7.49. The van der Waals surface area contributed by atoms with Crippen molar-refractivity contribution in [2.75, 3.05) is 26.2 Å². The molecule has 3 rings (SSSR count). The Morgan fingerprint density at radius 1 is 1.08 bits per heavy atom. The molecule has 1 fully saturated rings. The molecule has 0 bridgehead atoms. The van der Waals surface area contributed by atoms with Crippen molar-refractivity contribution < 1.29 is 4.79 Å². The highest BCUT2D eigenvalue weighted by Gasteiger charge is 2.26. The second kappa shape index (κ2) is 7.61. The van der Waals surface area contributed by atoms with Gasteiger partial charge >= 0.3 is 0 Å². The van der Waals surface area contributed by atoms with E-state index in [1.165, 1.54) is 16.3 Å². The van der Waals surface area contributed by atoms with Crippen LogP contribution in [-0.4, -0.2) is 51.7 Å². The van der Waals surface area contributed by atoms with Gasteiger partial charge in [0.15, 0.2) is 0 Å². The summed E-state index contributed by atoms with van der Waals surface area (Å²) < 4.78 is 1.29. The molecule has 1 aliphatic heterocycles. The van der Waals surface area contributed by atoms with Crippen LogP contribution in [0, 0.1) is 6.92 Å². The lowest BCUT2D eigenvalue weighted by Gasteiger charge is -2.36. The molecule has 25 heavy (non-hydrogen) atoms. The molecule has 1 amide bonds. The minimum Gasteiger partial charge on any atom is -0.338 e. The largest absolute Gasteiger partial charge is 0.338 e. The van der Waals surface area contributed by atoms with Gasteiger partial charge in [0, 0.05) is 38.8 Å². The van der Waals surface area contributed by atoms with Gasteiger partial charge in [-0.25, -0.2) is 4.68 Å². The number of nitrogens with zero attached hydrogens (tertiary/aromatic N) is 4. The molecule has 6 heteroatoms. The molecule has 2 heterocycles. The average molecular weight is 340 g/mol. The van der Waals surface area contributed by atoms with Gasteiger partial charge in [-0.05, 0) is 25.5 Å². The van der Waals surface area contributed by atoms with E-state index >= 15 is 0 Å². The normalized spacial score (nSPS) is 16.6. The van der Waals surface area contributed by atoms with Crippen LogP contribution in [0.2, 0.25) is 0 Å². The molecule has 1 aliphatic rings. The fourth-order valence-electron chi connectivity index (χ4n) is 3.14. The highest BCUT2D eigenvalue weighted by atomic mass is 16.2. The first kappa shape index (κ1) is 17.4. The number of benzene rings is 1. The zero-order valence-corrected chi connectivity index (χ0v) is 14.8. The van der Waals surface area contributed by atoms with Crippen molar-refractivity contribution >= 4 is 5.91 Å². The zero-order valence-electron chi connectivity index (χ0n) is 14.8. The van der Waals surface area contributed by atoms with E-state index in [0.29, 0.717) is 13.1 Å². The first-order valence-corrected chi connectivity index (χ1v) is 8.66. The van der Waals surface area contributed by atoms with Crippen molar-refractivity contribution in [2.24, 2.45) is 0 Å². The van der Waals surface area contributed by atoms with Gasteiger partial charge in [-0.2, -0.15) is 5.10 Å². The standard InChI is InChI=1S/C19H24N4O2/c1-15-8-9-18(24)23(20-15)16(2)19(25)22-12-10-21(11-13-22)14-17-6-4-3-5-7-17/h3-9,16H,10-14H2,1-2H3. The summed E-state index contributed by atoms with van der Waals surface area (Å²) in [5.41, 5.74) is 1.77. The molecule has 1 atom stereocenters. The maximum absolute atomic E-state index is 12.7. The topological polar surface area (TPSA) is 58.4 Å². The summed E-state index contributed by atoms with van der Waals surface area (Å²) in [5, 5.41) is 4.21. The van der Waals surface area contributed by atoms with Gasteiger partial charge in [0.2, 0.25) is 5.91 Å². The molecule has 0 aliphatic carbocycles. The Kier molecular flexibility index (Phi) is 5.28. The van der Waals surface area contributed by atoms with Gasteiger partial charge in [-0.1, -0.05) is 30.3 Å². The van der Waals surface area contributed by atoms with E-state index < -0.39 is 6.04 Å². The van der Waals surface area contributed by atoms with Crippen LogP contribution < -0.4 is 5.56 Å². The van der Waals surface area contributed by atoms with Crippen molar-refractivity contribution in [3.63, 3.8) is 0 Å². The van der Waals surface area contributed by atoms with Crippen LogP contribution in [0.3, 0.4) is 0 Å². The lowest BCUT2D eigenvalue weighted by atomic mass is 10.2. The molecule has 0 N–H and O–H groups in total. The van der Waals surface area contributed by atoms with Crippen LogP contribution >= 0.6 is 0 Å². The fraction of sp³-hybridized carbons (Fsp3) is 0.421. The summed E-state index contributed by atoms with van der Waals surface area (Å²) in [4.78, 5) is 28.9. The molecular formula is C19H24N4O2. The predicted octanol–water partition coefficient (Wildman–Crippen LogP) is 1.46. The van der Waals surface area contributed by atoms with Gasteiger partial charge in [0.25, 0.3) is 5.56 Å². The third kappa shape index (κ3) is 4.14. The monoisotopic (exact) mass is 340 g/mol. The van der Waals surface area contributed by atoms with Crippen LogP contribution in [0.4, 0.5) is 0 Å². The van der Waals surface area contributed by atoms with E-state index in [0.717, 1.165) is 25.3 Å². The van der Waals surface area contributed by atoms with Gasteiger partial charge in [0.1, 0.15) is 6.04 Å². The van der Waals surface area contributed by atoms with Gasteiger partial charge < -0.3 is 4.90 Å². The number of carbonyl (C=O) groups excluding carboxylic acids is 1. The molecule has 1 unspecified atom stereocenters. The summed E-state index contributed by atoms with van der Waals surface area (Å²) in [7, 11) is 0. The summed E-state index contributed by atoms with van der Waals surface area (Å²) >= 11 is 0. The molecule has 0 spiro atoms. The molecule has 0 saturated carbocycles. The van der Waals surface area contributed by atoms with Crippen LogP contribution in [0.5, 0.6) is 0 Å². The summed E-state index contributed by atoms with van der Waals surface area (Å²) in [6.07, 6.45) is 0. The van der Waals surface area contributed by atoms with Crippen LogP contribution in [-0.2, 0) is 11.3 Å². The molecular weight excluding hydrogens is 316 g/mol. The Bertz CT molecular complexity index is 780. The lowest BCUT2D eigenvalue weighted by Crippen LogP contribution is -2.50. The maximum Gasteiger partial charge on any atom is 0.267 e. The molecule has 1 saturated heterocycles.